The van der Waals surface area contributed by atoms with Crippen LogP contribution < -0.4 is 0 Å². The quantitative estimate of drug-likeness (QED) is 0.894. The van der Waals surface area contributed by atoms with Gasteiger partial charge in [-0.15, -0.1) is 0 Å². The molecule has 0 spiro atoms. The normalized spacial score (nSPS) is 10.3. The Kier molecular flexibility index (Phi) is 3.72. The highest BCUT2D eigenvalue weighted by atomic mass is 16.3. The molecule has 3 heteroatoms. The van der Waals surface area contributed by atoms with E-state index in [2.05, 4.69) is 4.98 Å². The topological polar surface area (TPSA) is 50.2 Å². The van der Waals surface area contributed by atoms with E-state index in [0.717, 1.165) is 11.3 Å². The summed E-state index contributed by atoms with van der Waals surface area (Å²) in [6.07, 6.45) is 2.21. The molecule has 0 bridgehead atoms. The molecular weight excluding hydrogens is 226 g/mol. The minimum absolute atomic E-state index is 0.0506. The molecule has 1 N–H and O–H groups in total. The molecule has 0 atom stereocenters. The molecule has 1 heterocycles. The largest absolute Gasteiger partial charge is 0.508 e. The van der Waals surface area contributed by atoms with Crippen LogP contribution >= 0.6 is 0 Å². The first-order valence-electron chi connectivity index (χ1n) is 5.85. The molecule has 0 radical (unpaired) electrons. The number of pyridine rings is 1. The van der Waals surface area contributed by atoms with Crippen molar-refractivity contribution in [3.05, 3.63) is 59.4 Å². The van der Waals surface area contributed by atoms with Crippen LogP contribution in [0.25, 0.3) is 0 Å². The summed E-state index contributed by atoms with van der Waals surface area (Å²) >= 11 is 0. The summed E-state index contributed by atoms with van der Waals surface area (Å²) in [5.41, 5.74) is 2.47. The van der Waals surface area contributed by atoms with Gasteiger partial charge in [0.25, 0.3) is 0 Å². The molecule has 1 aromatic carbocycles. The zero-order chi connectivity index (χ0) is 13.0. The molecule has 0 saturated heterocycles. The number of ketones is 1. The van der Waals surface area contributed by atoms with Crippen molar-refractivity contribution in [2.24, 2.45) is 0 Å². The van der Waals surface area contributed by atoms with Gasteiger partial charge >= 0.3 is 0 Å². The van der Waals surface area contributed by atoms with Gasteiger partial charge in [-0.25, -0.2) is 0 Å². The highest BCUT2D eigenvalue weighted by Gasteiger charge is 2.09. The maximum absolute atomic E-state index is 11.9. The predicted octanol–water partition coefficient (Wildman–Crippen LogP) is 2.45. The van der Waals surface area contributed by atoms with E-state index in [1.165, 1.54) is 0 Å². The number of benzene rings is 1. The Morgan fingerprint density at radius 1 is 1.22 bits per heavy atom. The van der Waals surface area contributed by atoms with Crippen molar-refractivity contribution in [3.63, 3.8) is 0 Å². The summed E-state index contributed by atoms with van der Waals surface area (Å²) in [5, 5.41) is 9.68. The van der Waals surface area contributed by atoms with Crippen LogP contribution in [0.15, 0.2) is 42.6 Å². The van der Waals surface area contributed by atoms with Gasteiger partial charge in [0.1, 0.15) is 11.5 Å². The molecule has 92 valence electrons. The van der Waals surface area contributed by atoms with Crippen molar-refractivity contribution < 1.29 is 9.90 Å². The molecule has 3 nitrogen and oxygen atoms in total. The van der Waals surface area contributed by atoms with Gasteiger partial charge < -0.3 is 5.11 Å². The Morgan fingerprint density at radius 2 is 2.06 bits per heavy atom. The van der Waals surface area contributed by atoms with Gasteiger partial charge in [-0.05, 0) is 25.1 Å². The number of nitrogens with zero attached hydrogens (tertiary/aromatic N) is 1. The first kappa shape index (κ1) is 12.3. The average molecular weight is 241 g/mol. The highest BCUT2D eigenvalue weighted by Crippen LogP contribution is 2.19. The summed E-state index contributed by atoms with van der Waals surface area (Å²) in [6, 6.07) is 10.8. The van der Waals surface area contributed by atoms with Crippen LogP contribution in [0.4, 0.5) is 0 Å². The third-order valence-electron chi connectivity index (χ3n) is 2.73. The minimum atomic E-state index is 0.0506. The van der Waals surface area contributed by atoms with Crippen LogP contribution in [0.2, 0.25) is 0 Å². The van der Waals surface area contributed by atoms with Crippen LogP contribution in [-0.2, 0) is 17.6 Å². The lowest BCUT2D eigenvalue weighted by atomic mass is 10.0. The zero-order valence-corrected chi connectivity index (χ0v) is 10.3. The maximum atomic E-state index is 11.9. The number of aromatic hydroxyl groups is 1. The molecule has 2 rings (SSSR count). The number of phenols is 1. The molecule has 0 saturated carbocycles. The second-order valence-electron chi connectivity index (χ2n) is 4.35. The highest BCUT2D eigenvalue weighted by molar-refractivity contribution is 5.83. The average Bonchev–Trinajstić information content (AvgIpc) is 2.35. The number of aryl methyl sites for hydroxylation is 1. The lowest BCUT2D eigenvalue weighted by Crippen LogP contribution is -2.08. The lowest BCUT2D eigenvalue weighted by molar-refractivity contribution is -0.117. The minimum Gasteiger partial charge on any atom is -0.508 e. The van der Waals surface area contributed by atoms with Gasteiger partial charge in [-0.3, -0.25) is 9.78 Å². The Bertz CT molecular complexity index is 550. The van der Waals surface area contributed by atoms with E-state index in [9.17, 15) is 9.90 Å². The summed E-state index contributed by atoms with van der Waals surface area (Å²) < 4.78 is 0. The number of rotatable bonds is 4. The van der Waals surface area contributed by atoms with Crippen LogP contribution in [0.3, 0.4) is 0 Å². The Hall–Kier alpha value is -2.16. The SMILES string of the molecule is Cc1ccc(O)c(CC(=O)Cc2ccccn2)c1. The van der Waals surface area contributed by atoms with E-state index >= 15 is 0 Å². The van der Waals surface area contributed by atoms with E-state index in [1.54, 1.807) is 12.3 Å². The number of aromatic nitrogens is 1. The fourth-order valence-electron chi connectivity index (χ4n) is 1.84. The predicted molar refractivity (Wildman–Crippen MR) is 69.5 cm³/mol. The Morgan fingerprint density at radius 3 is 2.78 bits per heavy atom. The Balaban J connectivity index is 2.05. The standard InChI is InChI=1S/C15H15NO2/c1-11-5-6-15(18)12(8-11)9-14(17)10-13-4-2-3-7-16-13/h2-8,18H,9-10H2,1H3. The van der Waals surface area contributed by atoms with Crippen LogP contribution in [0.5, 0.6) is 5.75 Å². The van der Waals surface area contributed by atoms with Gasteiger partial charge in [0.2, 0.25) is 0 Å². The lowest BCUT2D eigenvalue weighted by Gasteiger charge is -2.05. The first-order valence-corrected chi connectivity index (χ1v) is 5.85. The molecular formula is C15H15NO2. The van der Waals surface area contributed by atoms with Gasteiger partial charge in [0.15, 0.2) is 0 Å². The molecule has 0 aliphatic carbocycles. The number of carbonyl (C=O) groups excluding carboxylic acids is 1. The second kappa shape index (κ2) is 5.45. The Labute approximate surface area is 106 Å². The van der Waals surface area contributed by atoms with E-state index < -0.39 is 0 Å². The third-order valence-corrected chi connectivity index (χ3v) is 2.73. The van der Waals surface area contributed by atoms with Crippen LogP contribution in [0.1, 0.15) is 16.8 Å². The molecule has 0 unspecified atom stereocenters. The van der Waals surface area contributed by atoms with Crippen molar-refractivity contribution in [3.8, 4) is 5.75 Å². The van der Waals surface area contributed by atoms with Crippen molar-refractivity contribution in [2.45, 2.75) is 19.8 Å². The number of phenolic OH excluding ortho intramolecular Hbond substituents is 1. The monoisotopic (exact) mass is 241 g/mol. The molecule has 0 fully saturated rings. The van der Waals surface area contributed by atoms with Crippen LogP contribution in [0, 0.1) is 6.92 Å². The van der Waals surface area contributed by atoms with Gasteiger partial charge in [0.05, 0.1) is 0 Å². The summed E-state index contributed by atoms with van der Waals surface area (Å²) in [5.74, 6) is 0.226. The smallest absolute Gasteiger partial charge is 0.143 e. The van der Waals surface area contributed by atoms with Crippen molar-refractivity contribution in [2.75, 3.05) is 0 Å². The van der Waals surface area contributed by atoms with E-state index in [4.69, 9.17) is 0 Å². The molecule has 18 heavy (non-hydrogen) atoms. The molecule has 1 aromatic heterocycles. The molecule has 0 amide bonds. The summed E-state index contributed by atoms with van der Waals surface area (Å²) in [4.78, 5) is 16.0. The van der Waals surface area contributed by atoms with Crippen molar-refractivity contribution >= 4 is 5.78 Å². The number of Topliss-reactive ketones (excluding diaryl/α,β-unsaturated/α-hetero) is 1. The van der Waals surface area contributed by atoms with Crippen molar-refractivity contribution in [1.82, 2.24) is 4.98 Å². The molecule has 0 aliphatic heterocycles. The van der Waals surface area contributed by atoms with E-state index in [1.807, 2.05) is 37.3 Å². The second-order valence-corrected chi connectivity index (χ2v) is 4.35. The van der Waals surface area contributed by atoms with Gasteiger partial charge in [-0.2, -0.15) is 0 Å². The van der Waals surface area contributed by atoms with Gasteiger partial charge in [-0.1, -0.05) is 23.8 Å². The number of carbonyl (C=O) groups is 1. The molecule has 2 aromatic rings. The molecule has 0 aliphatic rings. The fraction of sp³-hybridized carbons (Fsp3) is 0.200. The maximum Gasteiger partial charge on any atom is 0.143 e. The van der Waals surface area contributed by atoms with Crippen LogP contribution in [-0.4, -0.2) is 15.9 Å². The fourth-order valence-corrected chi connectivity index (χ4v) is 1.84. The third kappa shape index (κ3) is 3.17. The van der Waals surface area contributed by atoms with Crippen molar-refractivity contribution in [1.29, 1.82) is 0 Å². The summed E-state index contributed by atoms with van der Waals surface area (Å²) in [7, 11) is 0. The number of hydrogen-bond acceptors (Lipinski definition) is 3. The zero-order valence-electron chi connectivity index (χ0n) is 10.3. The van der Waals surface area contributed by atoms with Gasteiger partial charge in [0, 0.05) is 30.3 Å². The van der Waals surface area contributed by atoms with E-state index in [0.29, 0.717) is 12.0 Å². The summed E-state index contributed by atoms with van der Waals surface area (Å²) in [6.45, 7) is 1.94. The van der Waals surface area contributed by atoms with E-state index in [-0.39, 0.29) is 18.0 Å². The number of hydrogen-bond donors (Lipinski definition) is 1. The first-order chi connectivity index (χ1) is 8.65.